The van der Waals surface area contributed by atoms with Crippen LogP contribution in [0.25, 0.3) is 11.7 Å². The van der Waals surface area contributed by atoms with Crippen LogP contribution >= 0.6 is 0 Å². The number of nitrogens with one attached hydrogen (secondary N) is 1. The van der Waals surface area contributed by atoms with Crippen LogP contribution in [0, 0.1) is 12.7 Å². The van der Waals surface area contributed by atoms with Crippen molar-refractivity contribution in [2.45, 2.75) is 39.3 Å². The van der Waals surface area contributed by atoms with Gasteiger partial charge in [-0.3, -0.25) is 0 Å². The van der Waals surface area contributed by atoms with Gasteiger partial charge in [-0.05, 0) is 46.0 Å². The van der Waals surface area contributed by atoms with E-state index >= 15 is 13.2 Å². The largest absolute Gasteiger partial charge is 0.464 e. The fourth-order valence-corrected chi connectivity index (χ4v) is 4.88. The van der Waals surface area contributed by atoms with E-state index in [1.807, 2.05) is 19.9 Å². The average molecular weight is 514 g/mol. The summed E-state index contributed by atoms with van der Waals surface area (Å²) < 4.78 is 52.9. The summed E-state index contributed by atoms with van der Waals surface area (Å²) in [6, 6.07) is 5.18. The molecule has 196 valence electrons. The zero-order valence-corrected chi connectivity index (χ0v) is 21.3. The average Bonchev–Trinajstić information content (AvgIpc) is 3.24. The molecule has 5 rings (SSSR count). The molecule has 1 aliphatic carbocycles. The second kappa shape index (κ2) is 10.0. The van der Waals surface area contributed by atoms with Crippen LogP contribution in [-0.2, 0) is 0 Å². The number of aryl methyl sites for hydroxylation is 1. The van der Waals surface area contributed by atoms with Crippen LogP contribution in [0.5, 0.6) is 5.88 Å². The van der Waals surface area contributed by atoms with Crippen LogP contribution in [0.1, 0.15) is 32.0 Å². The van der Waals surface area contributed by atoms with Gasteiger partial charge in [0.1, 0.15) is 18.0 Å². The Labute approximate surface area is 213 Å². The summed E-state index contributed by atoms with van der Waals surface area (Å²) in [5, 5.41) is 3.15. The molecule has 0 radical (unpaired) electrons. The van der Waals surface area contributed by atoms with Gasteiger partial charge in [0.15, 0.2) is 17.7 Å². The molecular formula is C26H30F3N7O. The third-order valence-corrected chi connectivity index (χ3v) is 6.78. The molecule has 1 saturated heterocycles. The molecule has 0 amide bonds. The molecule has 1 aliphatic heterocycles. The highest BCUT2D eigenvalue weighted by Crippen LogP contribution is 2.28. The number of halogens is 3. The topological polar surface area (TPSA) is 71.3 Å². The number of fused-ring (bicyclic) bond motifs is 1. The van der Waals surface area contributed by atoms with Gasteiger partial charge in [0.2, 0.25) is 5.82 Å². The number of ether oxygens (including phenoxy) is 1. The van der Waals surface area contributed by atoms with Crippen molar-refractivity contribution in [1.29, 1.82) is 0 Å². The first kappa shape index (κ1) is 25.1. The number of pyridine rings is 1. The predicted molar refractivity (Wildman–Crippen MR) is 136 cm³/mol. The van der Waals surface area contributed by atoms with Crippen LogP contribution in [0.3, 0.4) is 0 Å². The number of nitrogens with zero attached hydrogens (tertiary/aromatic N) is 6. The van der Waals surface area contributed by atoms with Crippen molar-refractivity contribution in [3.63, 3.8) is 0 Å². The zero-order valence-electron chi connectivity index (χ0n) is 21.3. The molecule has 4 heterocycles. The first-order chi connectivity index (χ1) is 17.7. The first-order valence-corrected chi connectivity index (χ1v) is 12.3. The lowest BCUT2D eigenvalue weighted by molar-refractivity contribution is 0.216. The minimum absolute atomic E-state index is 0.0445. The molecule has 1 N–H and O–H groups in total. The molecule has 0 aromatic carbocycles. The highest BCUT2D eigenvalue weighted by atomic mass is 19.1. The van der Waals surface area contributed by atoms with Gasteiger partial charge in [0.05, 0.1) is 17.2 Å². The van der Waals surface area contributed by atoms with Gasteiger partial charge in [-0.1, -0.05) is 0 Å². The van der Waals surface area contributed by atoms with E-state index in [4.69, 9.17) is 4.74 Å². The van der Waals surface area contributed by atoms with Gasteiger partial charge in [-0.2, -0.15) is 9.37 Å². The maximum absolute atomic E-state index is 15.3. The summed E-state index contributed by atoms with van der Waals surface area (Å²) in [5.41, 5.74) is 1.71. The smallest absolute Gasteiger partial charge is 0.256 e. The molecule has 11 heteroatoms. The molecule has 3 aromatic rings. The Bertz CT molecular complexity index is 1410. The van der Waals surface area contributed by atoms with Gasteiger partial charge in [0, 0.05) is 49.6 Å². The van der Waals surface area contributed by atoms with Crippen LogP contribution in [-0.4, -0.2) is 63.7 Å². The molecule has 1 fully saturated rings. The third kappa shape index (κ3) is 4.87. The van der Waals surface area contributed by atoms with E-state index < -0.39 is 29.5 Å². The molecule has 3 aromatic heterocycles. The lowest BCUT2D eigenvalue weighted by atomic mass is 10.1. The summed E-state index contributed by atoms with van der Waals surface area (Å²) in [6.07, 6.45) is 1.12. The Hall–Kier alpha value is -3.60. The lowest BCUT2D eigenvalue weighted by Crippen LogP contribution is -2.44. The molecule has 0 bridgehead atoms. The SMILES string of the molecule is Cc1cc2c(n1C(C)C)=C(F)CC(Oc1ncnc(Nc3ccc(N4CCN(C)CC4)cn3)c1F)C=2F. The molecular weight excluding hydrogens is 483 g/mol. The monoisotopic (exact) mass is 513 g/mol. The van der Waals surface area contributed by atoms with Crippen molar-refractivity contribution in [2.24, 2.45) is 0 Å². The maximum atomic E-state index is 15.3. The predicted octanol–water partition coefficient (Wildman–Crippen LogP) is 3.20. The highest BCUT2D eigenvalue weighted by molar-refractivity contribution is 5.58. The van der Waals surface area contributed by atoms with Crippen LogP contribution < -0.4 is 25.5 Å². The Morgan fingerprint density at radius 3 is 2.49 bits per heavy atom. The van der Waals surface area contributed by atoms with Crippen molar-refractivity contribution in [1.82, 2.24) is 24.4 Å². The highest BCUT2D eigenvalue weighted by Gasteiger charge is 2.29. The van der Waals surface area contributed by atoms with Crippen molar-refractivity contribution >= 4 is 29.0 Å². The molecule has 2 aliphatic rings. The maximum Gasteiger partial charge on any atom is 0.256 e. The second-order valence-electron chi connectivity index (χ2n) is 9.73. The number of rotatable bonds is 6. The van der Waals surface area contributed by atoms with E-state index in [9.17, 15) is 0 Å². The summed E-state index contributed by atoms with van der Waals surface area (Å²) in [7, 11) is 2.09. The lowest BCUT2D eigenvalue weighted by Gasteiger charge is -2.33. The van der Waals surface area contributed by atoms with Crippen molar-refractivity contribution < 1.29 is 17.9 Å². The third-order valence-electron chi connectivity index (χ3n) is 6.78. The van der Waals surface area contributed by atoms with Gasteiger partial charge in [-0.25, -0.2) is 18.7 Å². The number of piperazine rings is 1. The van der Waals surface area contributed by atoms with Crippen LogP contribution in [0.15, 0.2) is 30.7 Å². The number of anilines is 3. The number of hydrogen-bond acceptors (Lipinski definition) is 7. The Kier molecular flexibility index (Phi) is 6.80. The minimum Gasteiger partial charge on any atom is -0.464 e. The van der Waals surface area contributed by atoms with E-state index in [-0.39, 0.29) is 28.8 Å². The number of hydrogen-bond donors (Lipinski definition) is 1. The summed E-state index contributed by atoms with van der Waals surface area (Å²) in [5.74, 6) is -2.35. The van der Waals surface area contributed by atoms with E-state index in [1.165, 1.54) is 0 Å². The van der Waals surface area contributed by atoms with E-state index in [1.54, 1.807) is 29.8 Å². The van der Waals surface area contributed by atoms with Crippen molar-refractivity contribution in [3.05, 3.63) is 52.8 Å². The molecule has 1 atom stereocenters. The second-order valence-corrected chi connectivity index (χ2v) is 9.73. The normalized spacial score (nSPS) is 18.4. The quantitative estimate of drug-likeness (QED) is 0.543. The summed E-state index contributed by atoms with van der Waals surface area (Å²) in [6.45, 7) is 9.36. The van der Waals surface area contributed by atoms with E-state index in [0.29, 0.717) is 5.82 Å². The summed E-state index contributed by atoms with van der Waals surface area (Å²) >= 11 is 0. The fourth-order valence-electron chi connectivity index (χ4n) is 4.88. The molecule has 0 saturated carbocycles. The summed E-state index contributed by atoms with van der Waals surface area (Å²) in [4.78, 5) is 16.6. The van der Waals surface area contributed by atoms with E-state index in [2.05, 4.69) is 37.1 Å². The molecule has 0 spiro atoms. The fraction of sp³-hybridized carbons (Fsp3) is 0.423. The zero-order chi connectivity index (χ0) is 26.3. The van der Waals surface area contributed by atoms with E-state index in [0.717, 1.165) is 43.9 Å². The van der Waals surface area contributed by atoms with Gasteiger partial charge in [-0.15, -0.1) is 0 Å². The van der Waals surface area contributed by atoms with Crippen LogP contribution in [0.4, 0.5) is 30.5 Å². The number of aromatic nitrogens is 4. The van der Waals surface area contributed by atoms with Crippen LogP contribution in [0.2, 0.25) is 0 Å². The first-order valence-electron chi connectivity index (χ1n) is 12.3. The van der Waals surface area contributed by atoms with Gasteiger partial charge in [0.25, 0.3) is 5.88 Å². The molecule has 37 heavy (non-hydrogen) atoms. The van der Waals surface area contributed by atoms with Crippen molar-refractivity contribution in [2.75, 3.05) is 43.4 Å². The Morgan fingerprint density at radius 2 is 1.81 bits per heavy atom. The van der Waals surface area contributed by atoms with Gasteiger partial charge >= 0.3 is 0 Å². The molecule has 8 nitrogen and oxygen atoms in total. The van der Waals surface area contributed by atoms with Crippen molar-refractivity contribution in [3.8, 4) is 5.88 Å². The molecule has 1 unspecified atom stereocenters. The Morgan fingerprint density at radius 1 is 1.05 bits per heavy atom. The number of likely N-dealkylation sites (N-methyl/N-ethyl adjacent to an activating group) is 1. The standard InChI is InChI=1S/C26H30F3N7O/c1-15(2)36-16(3)11-18-22(28)20(12-19(27)24(18)36)37-26-23(29)25(31-14-32-26)33-21-6-5-17(13-30-21)35-9-7-34(4)8-10-35/h5-6,11,13-15,20H,7-10,12H2,1-4H3,(H,30,31,32,33). The minimum atomic E-state index is -1.34. The van der Waals surface area contributed by atoms with Gasteiger partial charge < -0.3 is 24.4 Å². The Balaban J connectivity index is 1.34.